The zero-order valence-electron chi connectivity index (χ0n) is 15.5. The summed E-state index contributed by atoms with van der Waals surface area (Å²) in [5.41, 5.74) is 0.994. The van der Waals surface area contributed by atoms with Gasteiger partial charge in [-0.05, 0) is 52.3 Å². The fraction of sp³-hybridized carbons (Fsp3) is 0.611. The average Bonchev–Trinajstić information content (AvgIpc) is 2.48. The van der Waals surface area contributed by atoms with Crippen LogP contribution in [0.2, 0.25) is 0 Å². The van der Waals surface area contributed by atoms with Gasteiger partial charge in [-0.25, -0.2) is 4.99 Å². The topological polar surface area (TPSA) is 59.9 Å². The Morgan fingerprint density at radius 3 is 2.38 bits per heavy atom. The highest BCUT2D eigenvalue weighted by atomic mass is 127. The molecule has 0 aromatic heterocycles. The SMILES string of the molecule is CCNC(=NCc1cccc(O)c1)NCCN(C(C)C)C(C)C.I. The van der Waals surface area contributed by atoms with Crippen LogP contribution in [0.15, 0.2) is 29.3 Å². The van der Waals surface area contributed by atoms with Gasteiger partial charge in [-0.1, -0.05) is 12.1 Å². The molecule has 1 rings (SSSR count). The van der Waals surface area contributed by atoms with E-state index in [1.807, 2.05) is 12.1 Å². The highest BCUT2D eigenvalue weighted by Crippen LogP contribution is 2.11. The van der Waals surface area contributed by atoms with Crippen molar-refractivity contribution >= 4 is 29.9 Å². The molecule has 0 fully saturated rings. The van der Waals surface area contributed by atoms with Crippen molar-refractivity contribution in [1.29, 1.82) is 0 Å². The van der Waals surface area contributed by atoms with E-state index in [1.54, 1.807) is 12.1 Å². The third-order valence-electron chi connectivity index (χ3n) is 3.66. The molecule has 0 amide bonds. The van der Waals surface area contributed by atoms with Crippen LogP contribution < -0.4 is 10.6 Å². The number of aliphatic imine (C=N–C) groups is 1. The number of benzene rings is 1. The normalized spacial score (nSPS) is 11.8. The summed E-state index contributed by atoms with van der Waals surface area (Å²) in [6.45, 7) is 14.1. The van der Waals surface area contributed by atoms with E-state index in [9.17, 15) is 5.11 Å². The molecule has 0 saturated heterocycles. The van der Waals surface area contributed by atoms with E-state index >= 15 is 0 Å². The Labute approximate surface area is 164 Å². The van der Waals surface area contributed by atoms with E-state index in [4.69, 9.17) is 0 Å². The number of halogens is 1. The van der Waals surface area contributed by atoms with Gasteiger partial charge in [-0.2, -0.15) is 0 Å². The van der Waals surface area contributed by atoms with Crippen LogP contribution in [0.1, 0.15) is 40.2 Å². The number of nitrogens with zero attached hydrogens (tertiary/aromatic N) is 2. The van der Waals surface area contributed by atoms with Gasteiger partial charge in [0, 0.05) is 31.7 Å². The molecule has 138 valence electrons. The summed E-state index contributed by atoms with van der Waals surface area (Å²) in [7, 11) is 0. The minimum atomic E-state index is 0. The molecule has 24 heavy (non-hydrogen) atoms. The second-order valence-electron chi connectivity index (χ2n) is 6.22. The number of phenols is 1. The Morgan fingerprint density at radius 1 is 1.17 bits per heavy atom. The minimum absolute atomic E-state index is 0. The Morgan fingerprint density at radius 2 is 1.83 bits per heavy atom. The molecule has 0 unspecified atom stereocenters. The van der Waals surface area contributed by atoms with Gasteiger partial charge in [0.05, 0.1) is 6.54 Å². The fourth-order valence-corrected chi connectivity index (χ4v) is 2.58. The zero-order chi connectivity index (χ0) is 17.2. The van der Waals surface area contributed by atoms with Crippen molar-refractivity contribution in [3.8, 4) is 5.75 Å². The maximum absolute atomic E-state index is 9.50. The number of rotatable bonds is 8. The summed E-state index contributed by atoms with van der Waals surface area (Å²) in [5, 5.41) is 16.1. The van der Waals surface area contributed by atoms with Gasteiger partial charge in [0.1, 0.15) is 5.75 Å². The standard InChI is InChI=1S/C18H32N4O.HI/c1-6-19-18(20-10-11-22(14(2)3)15(4)5)21-13-16-8-7-9-17(23)12-16;/h7-9,12,14-15,23H,6,10-11,13H2,1-5H3,(H2,19,20,21);1H. The van der Waals surface area contributed by atoms with Crippen molar-refractivity contribution in [2.75, 3.05) is 19.6 Å². The minimum Gasteiger partial charge on any atom is -0.508 e. The first-order chi connectivity index (χ1) is 10.9. The van der Waals surface area contributed by atoms with E-state index in [0.29, 0.717) is 18.6 Å². The van der Waals surface area contributed by atoms with Gasteiger partial charge >= 0.3 is 0 Å². The van der Waals surface area contributed by atoms with Crippen molar-refractivity contribution in [3.05, 3.63) is 29.8 Å². The zero-order valence-corrected chi connectivity index (χ0v) is 17.9. The molecule has 3 N–H and O–H groups in total. The van der Waals surface area contributed by atoms with Crippen LogP contribution >= 0.6 is 24.0 Å². The van der Waals surface area contributed by atoms with Gasteiger partial charge in [0.25, 0.3) is 0 Å². The van der Waals surface area contributed by atoms with Crippen molar-refractivity contribution in [3.63, 3.8) is 0 Å². The molecule has 0 atom stereocenters. The number of hydrogen-bond donors (Lipinski definition) is 3. The van der Waals surface area contributed by atoms with Crippen molar-refractivity contribution in [2.24, 2.45) is 4.99 Å². The number of nitrogens with one attached hydrogen (secondary N) is 2. The fourth-order valence-electron chi connectivity index (χ4n) is 2.58. The maximum atomic E-state index is 9.50. The van der Waals surface area contributed by atoms with Crippen LogP contribution in [0.5, 0.6) is 5.75 Å². The second kappa shape index (κ2) is 12.4. The number of aromatic hydroxyl groups is 1. The largest absolute Gasteiger partial charge is 0.508 e. The van der Waals surface area contributed by atoms with E-state index < -0.39 is 0 Å². The smallest absolute Gasteiger partial charge is 0.191 e. The van der Waals surface area contributed by atoms with E-state index in [2.05, 4.69) is 55.1 Å². The molecule has 0 bridgehead atoms. The number of hydrogen-bond acceptors (Lipinski definition) is 3. The van der Waals surface area contributed by atoms with Gasteiger partial charge in [0.15, 0.2) is 5.96 Å². The Kier molecular flexibility index (Phi) is 11.8. The summed E-state index contributed by atoms with van der Waals surface area (Å²) in [6.07, 6.45) is 0. The lowest BCUT2D eigenvalue weighted by atomic mass is 10.2. The molecule has 0 heterocycles. The van der Waals surface area contributed by atoms with Gasteiger partial charge in [-0.15, -0.1) is 24.0 Å². The summed E-state index contributed by atoms with van der Waals surface area (Å²) in [6, 6.07) is 8.28. The van der Waals surface area contributed by atoms with Crippen LogP contribution in [0.25, 0.3) is 0 Å². The van der Waals surface area contributed by atoms with Gasteiger partial charge < -0.3 is 15.7 Å². The average molecular weight is 448 g/mol. The third kappa shape index (κ3) is 8.73. The van der Waals surface area contributed by atoms with E-state index in [0.717, 1.165) is 31.2 Å². The lowest BCUT2D eigenvalue weighted by molar-refractivity contribution is 0.178. The highest BCUT2D eigenvalue weighted by molar-refractivity contribution is 14.0. The number of guanidine groups is 1. The van der Waals surface area contributed by atoms with Crippen molar-refractivity contribution in [1.82, 2.24) is 15.5 Å². The van der Waals surface area contributed by atoms with Crippen LogP contribution in [-0.2, 0) is 6.54 Å². The molecule has 0 spiro atoms. The van der Waals surface area contributed by atoms with E-state index in [1.165, 1.54) is 0 Å². The lowest BCUT2D eigenvalue weighted by Crippen LogP contribution is -2.45. The van der Waals surface area contributed by atoms with Crippen LogP contribution in [-0.4, -0.2) is 47.7 Å². The van der Waals surface area contributed by atoms with Crippen LogP contribution in [0, 0.1) is 0 Å². The van der Waals surface area contributed by atoms with Crippen LogP contribution in [0.4, 0.5) is 0 Å². The first kappa shape index (κ1) is 23.0. The summed E-state index contributed by atoms with van der Waals surface area (Å²) in [4.78, 5) is 7.03. The maximum Gasteiger partial charge on any atom is 0.191 e. The second-order valence-corrected chi connectivity index (χ2v) is 6.22. The molecule has 0 saturated carbocycles. The molecular weight excluding hydrogens is 415 g/mol. The molecule has 0 radical (unpaired) electrons. The molecule has 1 aromatic carbocycles. The Hall–Kier alpha value is -1.02. The molecular formula is C18H33IN4O. The Balaban J connectivity index is 0.00000529. The van der Waals surface area contributed by atoms with Crippen molar-refractivity contribution < 1.29 is 5.11 Å². The highest BCUT2D eigenvalue weighted by Gasteiger charge is 2.12. The van der Waals surface area contributed by atoms with E-state index in [-0.39, 0.29) is 29.7 Å². The first-order valence-corrected chi connectivity index (χ1v) is 8.49. The van der Waals surface area contributed by atoms with Crippen molar-refractivity contribution in [2.45, 2.75) is 53.2 Å². The predicted molar refractivity (Wildman–Crippen MR) is 113 cm³/mol. The first-order valence-electron chi connectivity index (χ1n) is 8.49. The monoisotopic (exact) mass is 448 g/mol. The molecule has 0 aliphatic carbocycles. The summed E-state index contributed by atoms with van der Waals surface area (Å²) < 4.78 is 0. The van der Waals surface area contributed by atoms with Gasteiger partial charge in [-0.3, -0.25) is 4.90 Å². The summed E-state index contributed by atoms with van der Waals surface area (Å²) in [5.74, 6) is 1.09. The molecule has 0 aliphatic heterocycles. The molecule has 1 aromatic rings. The number of phenolic OH excluding ortho intramolecular Hbond substituents is 1. The van der Waals surface area contributed by atoms with Crippen LogP contribution in [0.3, 0.4) is 0 Å². The predicted octanol–water partition coefficient (Wildman–Crippen LogP) is 3.18. The Bertz CT molecular complexity index is 484. The van der Waals surface area contributed by atoms with Gasteiger partial charge in [0.2, 0.25) is 0 Å². The molecule has 0 aliphatic rings. The lowest BCUT2D eigenvalue weighted by Gasteiger charge is -2.30. The summed E-state index contributed by atoms with van der Waals surface area (Å²) >= 11 is 0. The molecule has 6 heteroatoms. The quantitative estimate of drug-likeness (QED) is 0.325. The third-order valence-corrected chi connectivity index (χ3v) is 3.66. The molecule has 5 nitrogen and oxygen atoms in total.